The second kappa shape index (κ2) is 6.55. The zero-order valence-corrected chi connectivity index (χ0v) is 13.1. The van der Waals surface area contributed by atoms with Crippen molar-refractivity contribution in [2.75, 3.05) is 6.54 Å². The summed E-state index contributed by atoms with van der Waals surface area (Å²) < 4.78 is 1.72. The molecule has 0 bridgehead atoms. The summed E-state index contributed by atoms with van der Waals surface area (Å²) >= 11 is 0. The molecule has 0 aliphatic heterocycles. The number of aromatic nitrogens is 2. The minimum atomic E-state index is -0.487. The first kappa shape index (κ1) is 15.3. The van der Waals surface area contributed by atoms with E-state index in [2.05, 4.69) is 31.2 Å². The highest BCUT2D eigenvalue weighted by molar-refractivity contribution is 5.19. The van der Waals surface area contributed by atoms with Gasteiger partial charge in [-0.3, -0.25) is 4.68 Å². The standard InChI is InChI=1S/C16H27N3O/c1-11(2)14-6-5-12(3)7-15(14)17-9-16(20)13-8-18-19(4)10-13/h8,10,12,15-17,20H,5-7,9H2,1-4H3/t12-,15+,16-/m1/s1. The van der Waals surface area contributed by atoms with E-state index in [0.29, 0.717) is 12.6 Å². The van der Waals surface area contributed by atoms with Crippen molar-refractivity contribution in [1.29, 1.82) is 0 Å². The smallest absolute Gasteiger partial charge is 0.0944 e. The van der Waals surface area contributed by atoms with E-state index in [0.717, 1.165) is 11.5 Å². The lowest BCUT2D eigenvalue weighted by atomic mass is 9.81. The Hall–Kier alpha value is -1.13. The summed E-state index contributed by atoms with van der Waals surface area (Å²) in [6.45, 7) is 7.28. The van der Waals surface area contributed by atoms with Crippen LogP contribution in [0.3, 0.4) is 0 Å². The van der Waals surface area contributed by atoms with Crippen LogP contribution in [0.1, 0.15) is 51.7 Å². The van der Waals surface area contributed by atoms with Gasteiger partial charge >= 0.3 is 0 Å². The van der Waals surface area contributed by atoms with Crippen LogP contribution in [0.25, 0.3) is 0 Å². The Balaban J connectivity index is 1.95. The van der Waals surface area contributed by atoms with Gasteiger partial charge in [-0.25, -0.2) is 0 Å². The number of hydrogen-bond acceptors (Lipinski definition) is 3. The highest BCUT2D eigenvalue weighted by Gasteiger charge is 2.24. The van der Waals surface area contributed by atoms with Crippen molar-refractivity contribution in [1.82, 2.24) is 15.1 Å². The van der Waals surface area contributed by atoms with Crippen molar-refractivity contribution in [3.63, 3.8) is 0 Å². The Morgan fingerprint density at radius 2 is 2.30 bits per heavy atom. The normalized spacial score (nSPS) is 24.8. The molecule has 2 rings (SSSR count). The third-order valence-corrected chi connectivity index (χ3v) is 4.27. The highest BCUT2D eigenvalue weighted by atomic mass is 16.3. The number of aryl methyl sites for hydroxylation is 1. The molecule has 4 heteroatoms. The molecule has 0 spiro atoms. The maximum atomic E-state index is 10.2. The van der Waals surface area contributed by atoms with Gasteiger partial charge in [0.05, 0.1) is 12.3 Å². The molecule has 1 saturated carbocycles. The van der Waals surface area contributed by atoms with E-state index in [1.807, 2.05) is 13.2 Å². The van der Waals surface area contributed by atoms with E-state index < -0.39 is 6.10 Å². The number of nitrogens with one attached hydrogen (secondary N) is 1. The first-order valence-electron chi connectivity index (χ1n) is 7.53. The quantitative estimate of drug-likeness (QED) is 0.832. The maximum Gasteiger partial charge on any atom is 0.0944 e. The lowest BCUT2D eigenvalue weighted by Gasteiger charge is -2.32. The van der Waals surface area contributed by atoms with Crippen molar-refractivity contribution in [3.8, 4) is 0 Å². The molecule has 1 aliphatic rings. The molecule has 2 N–H and O–H groups in total. The molecule has 0 radical (unpaired) electrons. The third-order valence-electron chi connectivity index (χ3n) is 4.27. The summed E-state index contributed by atoms with van der Waals surface area (Å²) in [5.41, 5.74) is 3.83. The molecule has 1 aromatic rings. The molecule has 0 saturated heterocycles. The van der Waals surface area contributed by atoms with Gasteiger partial charge < -0.3 is 10.4 Å². The molecule has 0 amide bonds. The zero-order valence-electron chi connectivity index (χ0n) is 13.1. The highest BCUT2D eigenvalue weighted by Crippen LogP contribution is 2.30. The van der Waals surface area contributed by atoms with E-state index >= 15 is 0 Å². The number of hydrogen-bond donors (Lipinski definition) is 2. The number of allylic oxidation sites excluding steroid dienone is 1. The molecule has 112 valence electrons. The SMILES string of the molecule is CC(C)=C1CC[C@@H](C)C[C@@H]1NC[C@@H](O)c1cnn(C)c1. The van der Waals surface area contributed by atoms with Gasteiger partial charge in [0.2, 0.25) is 0 Å². The van der Waals surface area contributed by atoms with Crippen LogP contribution in [0.15, 0.2) is 23.5 Å². The molecule has 4 nitrogen and oxygen atoms in total. The minimum absolute atomic E-state index is 0.412. The second-order valence-electron chi connectivity index (χ2n) is 6.33. The van der Waals surface area contributed by atoms with Crippen LogP contribution in [0.5, 0.6) is 0 Å². The fourth-order valence-electron chi connectivity index (χ4n) is 3.03. The summed E-state index contributed by atoms with van der Waals surface area (Å²) in [6.07, 6.45) is 6.75. The van der Waals surface area contributed by atoms with Crippen LogP contribution < -0.4 is 5.32 Å². The molecule has 0 aromatic carbocycles. The lowest BCUT2D eigenvalue weighted by Crippen LogP contribution is -2.38. The van der Waals surface area contributed by atoms with Crippen molar-refractivity contribution < 1.29 is 5.11 Å². The Bertz CT molecular complexity index is 474. The van der Waals surface area contributed by atoms with Gasteiger partial charge in [-0.1, -0.05) is 18.1 Å². The van der Waals surface area contributed by atoms with Crippen molar-refractivity contribution in [2.45, 2.75) is 52.2 Å². The molecule has 1 aromatic heterocycles. The lowest BCUT2D eigenvalue weighted by molar-refractivity contribution is 0.167. The molecule has 0 unspecified atom stereocenters. The van der Waals surface area contributed by atoms with Gasteiger partial charge in [0.1, 0.15) is 0 Å². The number of nitrogens with zero attached hydrogens (tertiary/aromatic N) is 2. The van der Waals surface area contributed by atoms with Crippen LogP contribution in [-0.2, 0) is 7.05 Å². The summed E-state index contributed by atoms with van der Waals surface area (Å²) in [6, 6.07) is 0.412. The second-order valence-corrected chi connectivity index (χ2v) is 6.33. The maximum absolute atomic E-state index is 10.2. The summed E-state index contributed by atoms with van der Waals surface area (Å²) in [5, 5.41) is 17.9. The van der Waals surface area contributed by atoms with Crippen LogP contribution in [0, 0.1) is 5.92 Å². The number of aliphatic hydroxyl groups excluding tert-OH is 1. The fraction of sp³-hybridized carbons (Fsp3) is 0.688. The van der Waals surface area contributed by atoms with Gasteiger partial charge in [-0.05, 0) is 39.0 Å². The zero-order chi connectivity index (χ0) is 14.7. The molecule has 20 heavy (non-hydrogen) atoms. The van der Waals surface area contributed by atoms with E-state index in [1.165, 1.54) is 30.4 Å². The van der Waals surface area contributed by atoms with Crippen LogP contribution >= 0.6 is 0 Å². The molecular formula is C16H27N3O. The molecule has 1 heterocycles. The van der Waals surface area contributed by atoms with Crippen molar-refractivity contribution >= 4 is 0 Å². The molecule has 1 fully saturated rings. The van der Waals surface area contributed by atoms with E-state index in [4.69, 9.17) is 0 Å². The average molecular weight is 277 g/mol. The summed E-state index contributed by atoms with van der Waals surface area (Å²) in [4.78, 5) is 0. The predicted molar refractivity (Wildman–Crippen MR) is 81.3 cm³/mol. The van der Waals surface area contributed by atoms with Gasteiger partial charge in [-0.15, -0.1) is 0 Å². The Morgan fingerprint density at radius 1 is 1.55 bits per heavy atom. The number of rotatable bonds is 4. The molecular weight excluding hydrogens is 250 g/mol. The van der Waals surface area contributed by atoms with E-state index in [1.54, 1.807) is 10.9 Å². The van der Waals surface area contributed by atoms with Crippen molar-refractivity contribution in [3.05, 3.63) is 29.1 Å². The fourth-order valence-corrected chi connectivity index (χ4v) is 3.03. The predicted octanol–water partition coefficient (Wildman–Crippen LogP) is 2.57. The van der Waals surface area contributed by atoms with Crippen LogP contribution in [0.2, 0.25) is 0 Å². The van der Waals surface area contributed by atoms with Gasteiger partial charge in [0.25, 0.3) is 0 Å². The van der Waals surface area contributed by atoms with Crippen LogP contribution in [0.4, 0.5) is 0 Å². The Kier molecular flexibility index (Phi) is 5.00. The first-order valence-corrected chi connectivity index (χ1v) is 7.53. The first-order chi connectivity index (χ1) is 9.47. The van der Waals surface area contributed by atoms with Crippen LogP contribution in [-0.4, -0.2) is 27.5 Å². The summed E-state index contributed by atoms with van der Waals surface area (Å²) in [7, 11) is 1.87. The average Bonchev–Trinajstić information content (AvgIpc) is 2.82. The number of aliphatic hydroxyl groups is 1. The molecule has 1 aliphatic carbocycles. The molecule has 3 atom stereocenters. The van der Waals surface area contributed by atoms with Gasteiger partial charge in [0, 0.05) is 31.4 Å². The van der Waals surface area contributed by atoms with Crippen molar-refractivity contribution in [2.24, 2.45) is 13.0 Å². The van der Waals surface area contributed by atoms with Gasteiger partial charge in [0.15, 0.2) is 0 Å². The largest absolute Gasteiger partial charge is 0.387 e. The Labute approximate surface area is 121 Å². The third kappa shape index (κ3) is 3.70. The van der Waals surface area contributed by atoms with E-state index in [9.17, 15) is 5.11 Å². The Morgan fingerprint density at radius 3 is 2.90 bits per heavy atom. The summed E-state index contributed by atoms with van der Waals surface area (Å²) in [5.74, 6) is 0.756. The topological polar surface area (TPSA) is 50.1 Å². The monoisotopic (exact) mass is 277 g/mol. The van der Waals surface area contributed by atoms with E-state index in [-0.39, 0.29) is 0 Å². The van der Waals surface area contributed by atoms with Gasteiger partial charge in [-0.2, -0.15) is 5.10 Å². The minimum Gasteiger partial charge on any atom is -0.387 e.